The number of H-pyrrole nitrogens is 2. The first kappa shape index (κ1) is 35.4. The Balaban J connectivity index is 0.00000144. The summed E-state index contributed by atoms with van der Waals surface area (Å²) in [6.07, 6.45) is 16.9. The normalized spacial score (nSPS) is 10.6. The Morgan fingerprint density at radius 3 is 1.00 bits per heavy atom. The van der Waals surface area contributed by atoms with Crippen molar-refractivity contribution >= 4 is 45.8 Å². The lowest BCUT2D eigenvalue weighted by Crippen LogP contribution is -3.00. The number of hydrogen-bond acceptors (Lipinski definition) is 0. The number of halogens is 2. The zero-order valence-corrected chi connectivity index (χ0v) is 26.4. The van der Waals surface area contributed by atoms with Crippen LogP contribution in [0.1, 0.15) is 22.3 Å². The highest BCUT2D eigenvalue weighted by Crippen LogP contribution is 2.35. The van der Waals surface area contributed by atoms with Crippen LogP contribution < -0.4 is 34.8 Å². The van der Waals surface area contributed by atoms with Crippen LogP contribution in [0, 0.1) is 0 Å². The van der Waals surface area contributed by atoms with Gasteiger partial charge in [0.25, 0.3) is 0 Å². The summed E-state index contributed by atoms with van der Waals surface area (Å²) in [6, 6.07) is 43.2. The molecule has 7 aromatic rings. The minimum absolute atomic E-state index is 0. The van der Waals surface area contributed by atoms with E-state index in [9.17, 15) is 0 Å². The van der Waals surface area contributed by atoms with Gasteiger partial charge in [-0.1, -0.05) is 121 Å². The predicted octanol–water partition coefficient (Wildman–Crippen LogP) is 1.65. The summed E-state index contributed by atoms with van der Waals surface area (Å²) >= 11 is 0. The van der Waals surface area contributed by atoms with Crippen LogP contribution in [0.4, 0.5) is 0 Å². The molecular weight excluding hydrogens is 611 g/mol. The number of fused-ring (bicyclic) bond motifs is 2. The molecule has 5 aromatic carbocycles. The summed E-state index contributed by atoms with van der Waals surface area (Å²) in [5.74, 6) is 0. The molecule has 230 valence electrons. The number of pyridine rings is 2. The molecule has 7 rings (SSSR count). The molecule has 0 radical (unpaired) electrons. The lowest BCUT2D eigenvalue weighted by molar-refractivity contribution is -0.377. The lowest BCUT2D eigenvalue weighted by Gasteiger charge is -2.13. The number of nitrogens with one attached hydrogen (secondary N) is 2. The van der Waals surface area contributed by atoms with Gasteiger partial charge in [-0.3, -0.25) is 0 Å². The third kappa shape index (κ3) is 7.40. The summed E-state index contributed by atoms with van der Waals surface area (Å²) in [5.41, 5.74) is 9.58. The maximum atomic E-state index is 3.17. The molecule has 0 bridgehead atoms. The van der Waals surface area contributed by atoms with E-state index >= 15 is 0 Å². The van der Waals surface area contributed by atoms with E-state index in [2.05, 4.69) is 143 Å². The van der Waals surface area contributed by atoms with E-state index in [0.717, 1.165) is 0 Å². The molecule has 0 saturated heterocycles. The van der Waals surface area contributed by atoms with E-state index in [0.29, 0.717) is 0 Å². The van der Waals surface area contributed by atoms with E-state index in [1.54, 1.807) is 0 Å². The minimum Gasteiger partial charge on any atom is -1.00 e. The van der Waals surface area contributed by atoms with Crippen molar-refractivity contribution < 1.29 is 45.7 Å². The van der Waals surface area contributed by atoms with Gasteiger partial charge in [0.1, 0.15) is 0 Å². The molecule has 0 aliphatic rings. The topological polar surface area (TPSA) is 91.3 Å². The molecule has 6 N–H and O–H groups in total. The Morgan fingerprint density at radius 2 is 0.696 bits per heavy atom. The molecule has 46 heavy (non-hydrogen) atoms. The zero-order chi connectivity index (χ0) is 28.1. The molecule has 0 aliphatic heterocycles. The van der Waals surface area contributed by atoms with Gasteiger partial charge in [0.05, 0.1) is 0 Å². The summed E-state index contributed by atoms with van der Waals surface area (Å²) in [6.45, 7) is 0. The van der Waals surface area contributed by atoms with Crippen molar-refractivity contribution in [3.05, 3.63) is 168 Å². The molecular formula is C40H34Cl2N2O2. The van der Waals surface area contributed by atoms with Gasteiger partial charge in [-0.05, 0) is 67.1 Å². The summed E-state index contributed by atoms with van der Waals surface area (Å²) in [4.78, 5) is 6.33. The van der Waals surface area contributed by atoms with Crippen molar-refractivity contribution in [1.29, 1.82) is 0 Å². The average molecular weight is 646 g/mol. The van der Waals surface area contributed by atoms with Crippen molar-refractivity contribution in [2.75, 3.05) is 0 Å². The minimum atomic E-state index is 0. The number of benzene rings is 5. The maximum Gasteiger partial charge on any atom is 0.174 e. The third-order valence-electron chi connectivity index (χ3n) is 7.80. The highest BCUT2D eigenvalue weighted by molar-refractivity contribution is 6.14. The fourth-order valence-electron chi connectivity index (χ4n) is 5.63. The zero-order valence-electron chi connectivity index (χ0n) is 24.9. The van der Waals surface area contributed by atoms with Gasteiger partial charge >= 0.3 is 0 Å². The van der Waals surface area contributed by atoms with E-state index in [-0.39, 0.29) is 35.8 Å². The van der Waals surface area contributed by atoms with Gasteiger partial charge in [0, 0.05) is 23.3 Å². The van der Waals surface area contributed by atoms with Crippen LogP contribution in [0.2, 0.25) is 0 Å². The summed E-state index contributed by atoms with van der Waals surface area (Å²) in [5, 5.41) is 5.00. The molecule has 0 fully saturated rings. The van der Waals surface area contributed by atoms with E-state index in [1.165, 1.54) is 66.1 Å². The highest BCUT2D eigenvalue weighted by Gasteiger charge is 2.11. The monoisotopic (exact) mass is 644 g/mol. The van der Waals surface area contributed by atoms with Crippen LogP contribution in [0.25, 0.3) is 68.1 Å². The summed E-state index contributed by atoms with van der Waals surface area (Å²) in [7, 11) is 0. The molecule has 2 aromatic heterocycles. The molecule has 0 atom stereocenters. The molecule has 0 spiro atoms. The van der Waals surface area contributed by atoms with Crippen LogP contribution in [-0.2, 0) is 0 Å². The van der Waals surface area contributed by atoms with E-state index in [1.807, 2.05) is 36.9 Å². The standard InChI is InChI=1S/C40H28N2.2ClH.2H2O/c1-2-10-36-35(9-1)39(23-17-29-13-19-31(20-14-29)33-7-5-25-41-27-33)37-11-3-4-12-38(37)40(36)24-18-30-15-21-32(22-16-30)34-8-6-26-42-28-34;;;;/h1-28H;2*1H;2*1H2/b23-17+,24-18+;;;;. The van der Waals surface area contributed by atoms with Crippen molar-refractivity contribution in [2.24, 2.45) is 0 Å². The molecule has 4 nitrogen and oxygen atoms in total. The Labute approximate surface area is 281 Å². The van der Waals surface area contributed by atoms with Crippen molar-refractivity contribution in [2.45, 2.75) is 0 Å². The largest absolute Gasteiger partial charge is 1.00 e. The van der Waals surface area contributed by atoms with Crippen LogP contribution in [0.5, 0.6) is 0 Å². The highest BCUT2D eigenvalue weighted by atomic mass is 35.5. The second-order valence-electron chi connectivity index (χ2n) is 10.4. The second-order valence-corrected chi connectivity index (χ2v) is 10.4. The lowest BCUT2D eigenvalue weighted by atomic mass is 9.90. The Kier molecular flexibility index (Phi) is 12.5. The third-order valence-corrected chi connectivity index (χ3v) is 7.80. The number of aromatic amines is 2. The van der Waals surface area contributed by atoms with Crippen molar-refractivity contribution in [3.8, 4) is 22.3 Å². The van der Waals surface area contributed by atoms with Gasteiger partial charge in [-0.15, -0.1) is 0 Å². The van der Waals surface area contributed by atoms with Gasteiger partial charge < -0.3 is 35.8 Å². The Bertz CT molecular complexity index is 1850. The molecule has 0 amide bonds. The number of rotatable bonds is 6. The second kappa shape index (κ2) is 16.3. The predicted molar refractivity (Wildman–Crippen MR) is 183 cm³/mol. The SMILES string of the molecule is C(=C\c1c2ccccc2c(/C=C/c2ccc(-c3ccc[nH+]c3)cc2)c2ccccc12)/c1ccc(-c2ccc[nH+]c2)cc1.O.O.[Cl-].[Cl-]. The van der Waals surface area contributed by atoms with E-state index in [4.69, 9.17) is 0 Å². The van der Waals surface area contributed by atoms with Crippen LogP contribution in [-0.4, -0.2) is 11.0 Å². The van der Waals surface area contributed by atoms with Crippen LogP contribution >= 0.6 is 0 Å². The average Bonchev–Trinajstić information content (AvgIpc) is 3.07. The van der Waals surface area contributed by atoms with E-state index < -0.39 is 0 Å². The van der Waals surface area contributed by atoms with Gasteiger partial charge in [-0.25, -0.2) is 9.97 Å². The van der Waals surface area contributed by atoms with Crippen LogP contribution in [0.3, 0.4) is 0 Å². The van der Waals surface area contributed by atoms with Gasteiger partial charge in [0.2, 0.25) is 0 Å². The maximum absolute atomic E-state index is 3.17. The molecule has 6 heteroatoms. The Morgan fingerprint density at radius 1 is 0.348 bits per heavy atom. The fraction of sp³-hybridized carbons (Fsp3) is 0. The van der Waals surface area contributed by atoms with Crippen LogP contribution in [0.15, 0.2) is 146 Å². The van der Waals surface area contributed by atoms with Gasteiger partial charge in [0.15, 0.2) is 24.8 Å². The quantitative estimate of drug-likeness (QED) is 0.195. The van der Waals surface area contributed by atoms with Gasteiger partial charge in [-0.2, -0.15) is 0 Å². The molecule has 0 unspecified atom stereocenters. The smallest absolute Gasteiger partial charge is 0.174 e. The van der Waals surface area contributed by atoms with Crippen molar-refractivity contribution in [1.82, 2.24) is 0 Å². The fourth-order valence-corrected chi connectivity index (χ4v) is 5.63. The summed E-state index contributed by atoms with van der Waals surface area (Å²) < 4.78 is 0. The first-order valence-corrected chi connectivity index (χ1v) is 14.3. The van der Waals surface area contributed by atoms with Crippen molar-refractivity contribution in [3.63, 3.8) is 0 Å². The molecule has 2 heterocycles. The first-order valence-electron chi connectivity index (χ1n) is 14.3. The first-order chi connectivity index (χ1) is 20.8. The molecule has 0 saturated carbocycles. The molecule has 0 aliphatic carbocycles. The Hall–Kier alpha value is -5.10. The number of hydrogen-bond donors (Lipinski definition) is 0. The number of aromatic nitrogens is 2.